The van der Waals surface area contributed by atoms with E-state index in [0.29, 0.717) is 48.5 Å². The lowest BCUT2D eigenvalue weighted by molar-refractivity contribution is -0.127. The Morgan fingerprint density at radius 1 is 1.10 bits per heavy atom. The second-order valence-corrected chi connectivity index (χ2v) is 8.05. The minimum Gasteiger partial charge on any atom is -0.493 e. The first-order valence-corrected chi connectivity index (χ1v) is 11.3. The van der Waals surface area contributed by atoms with Gasteiger partial charge in [-0.1, -0.05) is 54.2 Å². The van der Waals surface area contributed by atoms with Crippen LogP contribution in [0.25, 0.3) is 11.4 Å². The van der Waals surface area contributed by atoms with Crippen LogP contribution in [-0.4, -0.2) is 46.7 Å². The summed E-state index contributed by atoms with van der Waals surface area (Å²) < 4.78 is 11.7. The van der Waals surface area contributed by atoms with Gasteiger partial charge < -0.3 is 14.4 Å². The SMILES string of the molecule is CCN(CC)C(=O)CSc1nc(-c2ccccc2)nc2c1Cc1cccc(OC)c1O2. The quantitative estimate of drug-likeness (QED) is 0.307. The number of carbonyl (C=O) groups is 1. The van der Waals surface area contributed by atoms with Gasteiger partial charge in [0.25, 0.3) is 0 Å². The Morgan fingerprint density at radius 3 is 2.58 bits per heavy atom. The van der Waals surface area contributed by atoms with Crippen LogP contribution >= 0.6 is 11.8 Å². The van der Waals surface area contributed by atoms with Gasteiger partial charge in [0.1, 0.15) is 5.03 Å². The molecular formula is C24H25N3O3S. The molecule has 0 spiro atoms. The molecule has 1 aromatic heterocycles. The molecule has 0 fully saturated rings. The highest BCUT2D eigenvalue weighted by molar-refractivity contribution is 7.99. The Balaban J connectivity index is 1.73. The Kier molecular flexibility index (Phi) is 6.42. The molecule has 6 nitrogen and oxygen atoms in total. The third-order valence-electron chi connectivity index (χ3n) is 5.26. The number of benzene rings is 2. The summed E-state index contributed by atoms with van der Waals surface area (Å²) in [4.78, 5) is 24.0. The van der Waals surface area contributed by atoms with E-state index >= 15 is 0 Å². The summed E-state index contributed by atoms with van der Waals surface area (Å²) in [6.07, 6.45) is 0.624. The van der Waals surface area contributed by atoms with Crippen molar-refractivity contribution in [3.8, 4) is 28.8 Å². The molecule has 1 aliphatic heterocycles. The number of para-hydroxylation sites is 1. The number of ether oxygens (including phenoxy) is 2. The Labute approximate surface area is 186 Å². The number of aromatic nitrogens is 2. The van der Waals surface area contributed by atoms with Crippen molar-refractivity contribution >= 4 is 17.7 Å². The molecule has 160 valence electrons. The molecule has 7 heteroatoms. The molecule has 4 rings (SSSR count). The standard InChI is InChI=1S/C24H25N3O3S/c1-4-27(5-2)20(28)15-31-24-18-14-17-12-9-13-19(29-3)21(17)30-23(18)25-22(26-24)16-10-7-6-8-11-16/h6-13H,4-5,14-15H2,1-3H3. The van der Waals surface area contributed by atoms with Gasteiger partial charge >= 0.3 is 0 Å². The summed E-state index contributed by atoms with van der Waals surface area (Å²) in [5, 5.41) is 0.776. The summed E-state index contributed by atoms with van der Waals surface area (Å²) in [5.41, 5.74) is 2.81. The van der Waals surface area contributed by atoms with Gasteiger partial charge in [-0.2, -0.15) is 4.98 Å². The molecule has 1 aliphatic rings. The van der Waals surface area contributed by atoms with Crippen LogP contribution in [0.4, 0.5) is 0 Å². The number of methoxy groups -OCH3 is 1. The largest absolute Gasteiger partial charge is 0.493 e. The average Bonchev–Trinajstić information content (AvgIpc) is 2.82. The molecule has 0 saturated heterocycles. The number of nitrogens with zero attached hydrogens (tertiary/aromatic N) is 3. The topological polar surface area (TPSA) is 64.6 Å². The number of carbonyl (C=O) groups excluding carboxylic acids is 1. The van der Waals surface area contributed by atoms with E-state index in [9.17, 15) is 4.79 Å². The Hall–Kier alpha value is -3.06. The Bertz CT molecular complexity index is 1080. The summed E-state index contributed by atoms with van der Waals surface area (Å²) >= 11 is 1.44. The second-order valence-electron chi connectivity index (χ2n) is 7.08. The maximum absolute atomic E-state index is 12.6. The van der Waals surface area contributed by atoms with Crippen molar-refractivity contribution in [3.63, 3.8) is 0 Å². The second kappa shape index (κ2) is 9.39. The molecule has 1 amide bonds. The minimum atomic E-state index is 0.0995. The van der Waals surface area contributed by atoms with Crippen LogP contribution in [0.15, 0.2) is 53.6 Å². The normalized spacial score (nSPS) is 11.8. The summed E-state index contributed by atoms with van der Waals surface area (Å²) in [7, 11) is 1.63. The summed E-state index contributed by atoms with van der Waals surface area (Å²) in [6.45, 7) is 5.38. The predicted molar refractivity (Wildman–Crippen MR) is 122 cm³/mol. The van der Waals surface area contributed by atoms with Crippen molar-refractivity contribution in [1.29, 1.82) is 0 Å². The van der Waals surface area contributed by atoms with Crippen LogP contribution in [0, 0.1) is 0 Å². The van der Waals surface area contributed by atoms with E-state index in [2.05, 4.69) is 0 Å². The maximum atomic E-state index is 12.6. The van der Waals surface area contributed by atoms with Crippen molar-refractivity contribution in [3.05, 3.63) is 59.7 Å². The molecule has 31 heavy (non-hydrogen) atoms. The smallest absolute Gasteiger partial charge is 0.232 e. The molecule has 0 unspecified atom stereocenters. The third kappa shape index (κ3) is 4.37. The van der Waals surface area contributed by atoms with E-state index in [1.54, 1.807) is 7.11 Å². The lowest BCUT2D eigenvalue weighted by Crippen LogP contribution is -2.31. The van der Waals surface area contributed by atoms with Crippen molar-refractivity contribution < 1.29 is 14.3 Å². The van der Waals surface area contributed by atoms with Gasteiger partial charge in [-0.3, -0.25) is 4.79 Å². The van der Waals surface area contributed by atoms with Crippen LogP contribution in [0.5, 0.6) is 17.4 Å². The van der Waals surface area contributed by atoms with Crippen molar-refractivity contribution in [1.82, 2.24) is 14.9 Å². The van der Waals surface area contributed by atoms with E-state index in [-0.39, 0.29) is 5.91 Å². The highest BCUT2D eigenvalue weighted by Crippen LogP contribution is 2.44. The zero-order chi connectivity index (χ0) is 21.8. The number of hydrogen-bond acceptors (Lipinski definition) is 6. The van der Waals surface area contributed by atoms with E-state index in [1.807, 2.05) is 67.3 Å². The first-order valence-electron chi connectivity index (χ1n) is 10.3. The molecule has 0 bridgehead atoms. The average molecular weight is 436 g/mol. The number of thioether (sulfide) groups is 1. The predicted octanol–water partition coefficient (Wildman–Crippen LogP) is 4.81. The van der Waals surface area contributed by atoms with E-state index in [4.69, 9.17) is 19.4 Å². The van der Waals surface area contributed by atoms with E-state index in [1.165, 1.54) is 11.8 Å². The number of hydrogen-bond donors (Lipinski definition) is 0. The molecule has 2 heterocycles. The van der Waals surface area contributed by atoms with Crippen molar-refractivity contribution in [2.75, 3.05) is 26.0 Å². The van der Waals surface area contributed by atoms with Crippen LogP contribution in [0.3, 0.4) is 0 Å². The van der Waals surface area contributed by atoms with Crippen LogP contribution in [-0.2, 0) is 11.2 Å². The first kappa shape index (κ1) is 21.2. The highest BCUT2D eigenvalue weighted by atomic mass is 32.2. The fourth-order valence-corrected chi connectivity index (χ4v) is 4.50. The monoisotopic (exact) mass is 435 g/mol. The van der Waals surface area contributed by atoms with Gasteiger partial charge in [0.15, 0.2) is 17.3 Å². The van der Waals surface area contributed by atoms with Gasteiger partial charge in [0.2, 0.25) is 11.8 Å². The molecule has 0 atom stereocenters. The molecule has 0 N–H and O–H groups in total. The lowest BCUT2D eigenvalue weighted by atomic mass is 10.0. The molecular weight excluding hydrogens is 410 g/mol. The summed E-state index contributed by atoms with van der Waals surface area (Å²) in [5.74, 6) is 2.88. The molecule has 2 aromatic carbocycles. The van der Waals surface area contributed by atoms with Gasteiger partial charge in [-0.25, -0.2) is 4.98 Å². The van der Waals surface area contributed by atoms with Crippen LogP contribution in [0.1, 0.15) is 25.0 Å². The zero-order valence-electron chi connectivity index (χ0n) is 17.9. The highest BCUT2D eigenvalue weighted by Gasteiger charge is 2.27. The maximum Gasteiger partial charge on any atom is 0.232 e. The van der Waals surface area contributed by atoms with E-state index in [0.717, 1.165) is 21.7 Å². The van der Waals surface area contributed by atoms with Crippen LogP contribution < -0.4 is 9.47 Å². The van der Waals surface area contributed by atoms with Crippen molar-refractivity contribution in [2.24, 2.45) is 0 Å². The first-order chi connectivity index (χ1) is 15.1. The fourth-order valence-electron chi connectivity index (χ4n) is 3.58. The van der Waals surface area contributed by atoms with E-state index < -0.39 is 0 Å². The number of amides is 1. The van der Waals surface area contributed by atoms with Gasteiger partial charge in [-0.05, 0) is 19.9 Å². The van der Waals surface area contributed by atoms with Gasteiger partial charge in [-0.15, -0.1) is 0 Å². The summed E-state index contributed by atoms with van der Waals surface area (Å²) in [6, 6.07) is 15.6. The Morgan fingerprint density at radius 2 is 1.87 bits per heavy atom. The lowest BCUT2D eigenvalue weighted by Gasteiger charge is -2.23. The van der Waals surface area contributed by atoms with Gasteiger partial charge in [0.05, 0.1) is 18.4 Å². The third-order valence-corrected chi connectivity index (χ3v) is 6.26. The van der Waals surface area contributed by atoms with Crippen molar-refractivity contribution in [2.45, 2.75) is 25.3 Å². The molecule has 0 aliphatic carbocycles. The molecule has 0 saturated carbocycles. The van der Waals surface area contributed by atoms with Gasteiger partial charge in [0, 0.05) is 30.6 Å². The number of rotatable bonds is 7. The molecule has 3 aromatic rings. The fraction of sp³-hybridized carbons (Fsp3) is 0.292. The minimum absolute atomic E-state index is 0.0995. The number of fused-ring (bicyclic) bond motifs is 2. The zero-order valence-corrected chi connectivity index (χ0v) is 18.7. The molecule has 0 radical (unpaired) electrons. The van der Waals surface area contributed by atoms with Crippen LogP contribution in [0.2, 0.25) is 0 Å².